The number of anilines is 1. The third-order valence-corrected chi connectivity index (χ3v) is 1.33. The van der Waals surface area contributed by atoms with Crippen molar-refractivity contribution >= 4 is 5.82 Å². The fraction of sp³-hybridized carbons (Fsp3) is 0.429. The second kappa shape index (κ2) is 4.21. The largest absolute Gasteiger partial charge is 0.405 e. The number of halogens is 4. The number of rotatable bonds is 3. The third kappa shape index (κ3) is 3.55. The zero-order chi connectivity index (χ0) is 10.6. The first kappa shape index (κ1) is 10.7. The first-order chi connectivity index (χ1) is 6.51. The Morgan fingerprint density at radius 1 is 1.29 bits per heavy atom. The second-order valence-electron chi connectivity index (χ2n) is 2.50. The van der Waals surface area contributed by atoms with Crippen molar-refractivity contribution in [1.82, 2.24) is 9.97 Å². The van der Waals surface area contributed by atoms with Gasteiger partial charge >= 0.3 is 6.18 Å². The van der Waals surface area contributed by atoms with Gasteiger partial charge in [-0.15, -0.1) is 0 Å². The average Bonchev–Trinajstić information content (AvgIpc) is 2.14. The molecule has 7 heteroatoms. The lowest BCUT2D eigenvalue weighted by molar-refractivity contribution is -0.115. The van der Waals surface area contributed by atoms with Gasteiger partial charge in [-0.2, -0.15) is 13.2 Å². The van der Waals surface area contributed by atoms with Gasteiger partial charge < -0.3 is 5.32 Å². The Morgan fingerprint density at radius 3 is 2.57 bits per heavy atom. The van der Waals surface area contributed by atoms with E-state index in [4.69, 9.17) is 0 Å². The molecule has 1 aromatic heterocycles. The van der Waals surface area contributed by atoms with Crippen LogP contribution in [0.1, 0.15) is 5.69 Å². The van der Waals surface area contributed by atoms with E-state index in [1.807, 2.05) is 5.32 Å². The highest BCUT2D eigenvalue weighted by molar-refractivity contribution is 5.34. The number of hydrogen-bond donors (Lipinski definition) is 1. The van der Waals surface area contributed by atoms with Gasteiger partial charge in [0.1, 0.15) is 25.4 Å². The summed E-state index contributed by atoms with van der Waals surface area (Å²) in [6.07, 6.45) is -3.31. The van der Waals surface area contributed by atoms with Crippen molar-refractivity contribution in [1.29, 1.82) is 0 Å². The van der Waals surface area contributed by atoms with Crippen LogP contribution in [0.5, 0.6) is 0 Å². The van der Waals surface area contributed by atoms with Crippen molar-refractivity contribution in [3.8, 4) is 0 Å². The van der Waals surface area contributed by atoms with Gasteiger partial charge in [-0.05, 0) is 0 Å². The Hall–Kier alpha value is -1.40. The molecule has 0 saturated carbocycles. The quantitative estimate of drug-likeness (QED) is 0.773. The van der Waals surface area contributed by atoms with E-state index in [0.29, 0.717) is 0 Å². The summed E-state index contributed by atoms with van der Waals surface area (Å²) >= 11 is 0. The van der Waals surface area contributed by atoms with Crippen molar-refractivity contribution in [2.24, 2.45) is 0 Å². The molecule has 0 aliphatic carbocycles. The number of aromatic nitrogens is 2. The Labute approximate surface area is 77.2 Å². The van der Waals surface area contributed by atoms with Crippen molar-refractivity contribution in [2.75, 3.05) is 11.9 Å². The van der Waals surface area contributed by atoms with Gasteiger partial charge in [0.05, 0.1) is 5.69 Å². The summed E-state index contributed by atoms with van der Waals surface area (Å²) in [5.41, 5.74) is 0.0460. The molecule has 0 spiro atoms. The van der Waals surface area contributed by atoms with Crippen molar-refractivity contribution in [2.45, 2.75) is 12.9 Å². The van der Waals surface area contributed by atoms with Crippen LogP contribution < -0.4 is 5.32 Å². The van der Waals surface area contributed by atoms with E-state index in [0.717, 1.165) is 12.4 Å². The standard InChI is InChI=1S/C7H7F4N3/c8-2-5-1-6(14-4-13-5)12-3-7(9,10)11/h1,4H,2-3H2,(H,12,13,14). The number of hydrogen-bond acceptors (Lipinski definition) is 3. The zero-order valence-electron chi connectivity index (χ0n) is 6.98. The van der Waals surface area contributed by atoms with E-state index in [1.54, 1.807) is 0 Å². The highest BCUT2D eigenvalue weighted by Crippen LogP contribution is 2.15. The fourth-order valence-corrected chi connectivity index (χ4v) is 0.758. The highest BCUT2D eigenvalue weighted by Gasteiger charge is 2.26. The smallest absolute Gasteiger partial charge is 0.361 e. The van der Waals surface area contributed by atoms with E-state index >= 15 is 0 Å². The molecule has 1 N–H and O–H groups in total. The van der Waals surface area contributed by atoms with Gasteiger partial charge in [0.25, 0.3) is 0 Å². The summed E-state index contributed by atoms with van der Waals surface area (Å²) in [7, 11) is 0. The summed E-state index contributed by atoms with van der Waals surface area (Å²) in [5.74, 6) is -0.0371. The monoisotopic (exact) mass is 209 g/mol. The van der Waals surface area contributed by atoms with Crippen LogP contribution in [0, 0.1) is 0 Å². The maximum atomic E-state index is 12.0. The minimum atomic E-state index is -4.32. The molecule has 0 saturated heterocycles. The summed E-state index contributed by atoms with van der Waals surface area (Å²) in [6, 6.07) is 1.13. The molecule has 14 heavy (non-hydrogen) atoms. The average molecular weight is 209 g/mol. The van der Waals surface area contributed by atoms with Crippen LogP contribution in [0.3, 0.4) is 0 Å². The molecular weight excluding hydrogens is 202 g/mol. The highest BCUT2D eigenvalue weighted by atomic mass is 19.4. The summed E-state index contributed by atoms with van der Waals surface area (Å²) in [6.45, 7) is -2.03. The molecule has 0 aliphatic rings. The molecular formula is C7H7F4N3. The van der Waals surface area contributed by atoms with Gasteiger partial charge in [-0.25, -0.2) is 14.4 Å². The molecule has 3 nitrogen and oxygen atoms in total. The van der Waals surface area contributed by atoms with Crippen LogP contribution in [0.15, 0.2) is 12.4 Å². The Bertz CT molecular complexity index is 299. The molecule has 0 aromatic carbocycles. The zero-order valence-corrected chi connectivity index (χ0v) is 6.98. The summed E-state index contributed by atoms with van der Waals surface area (Å²) in [5, 5.41) is 2.02. The molecule has 78 valence electrons. The molecule has 0 radical (unpaired) electrons. The molecule has 0 unspecified atom stereocenters. The molecule has 0 aliphatic heterocycles. The second-order valence-corrected chi connectivity index (χ2v) is 2.50. The lowest BCUT2D eigenvalue weighted by Crippen LogP contribution is -2.21. The van der Waals surface area contributed by atoms with Crippen LogP contribution in [0.2, 0.25) is 0 Å². The van der Waals surface area contributed by atoms with Crippen LogP contribution in [0.4, 0.5) is 23.4 Å². The van der Waals surface area contributed by atoms with E-state index in [-0.39, 0.29) is 11.5 Å². The molecule has 1 rings (SSSR count). The first-order valence-electron chi connectivity index (χ1n) is 3.69. The molecule has 0 fully saturated rings. The Kier molecular flexibility index (Phi) is 3.21. The van der Waals surface area contributed by atoms with Gasteiger partial charge in [0.15, 0.2) is 0 Å². The van der Waals surface area contributed by atoms with Crippen LogP contribution >= 0.6 is 0 Å². The summed E-state index contributed by atoms with van der Waals surface area (Å²) < 4.78 is 47.3. The van der Waals surface area contributed by atoms with Crippen LogP contribution in [0.25, 0.3) is 0 Å². The molecule has 0 amide bonds. The normalized spacial score (nSPS) is 11.4. The minimum Gasteiger partial charge on any atom is -0.361 e. The third-order valence-electron chi connectivity index (χ3n) is 1.33. The van der Waals surface area contributed by atoms with Crippen molar-refractivity contribution in [3.05, 3.63) is 18.1 Å². The van der Waals surface area contributed by atoms with E-state index < -0.39 is 19.4 Å². The summed E-state index contributed by atoms with van der Waals surface area (Å²) in [4.78, 5) is 7.00. The number of alkyl halides is 4. The SMILES string of the molecule is FCc1cc(NCC(F)(F)F)ncn1. The lowest BCUT2D eigenvalue weighted by Gasteiger charge is -2.08. The van der Waals surface area contributed by atoms with Gasteiger partial charge in [-0.1, -0.05) is 0 Å². The fourth-order valence-electron chi connectivity index (χ4n) is 0.758. The van der Waals surface area contributed by atoms with Crippen molar-refractivity contribution < 1.29 is 17.6 Å². The lowest BCUT2D eigenvalue weighted by atomic mass is 10.4. The maximum absolute atomic E-state index is 12.0. The predicted octanol–water partition coefficient (Wildman–Crippen LogP) is 1.92. The van der Waals surface area contributed by atoms with Crippen LogP contribution in [-0.2, 0) is 6.67 Å². The molecule has 1 heterocycles. The topological polar surface area (TPSA) is 37.8 Å². The minimum absolute atomic E-state index is 0.0371. The maximum Gasteiger partial charge on any atom is 0.405 e. The van der Waals surface area contributed by atoms with E-state index in [1.165, 1.54) is 0 Å². The van der Waals surface area contributed by atoms with E-state index in [9.17, 15) is 17.6 Å². The Balaban J connectivity index is 2.59. The molecule has 0 bridgehead atoms. The molecule has 0 atom stereocenters. The van der Waals surface area contributed by atoms with E-state index in [2.05, 4.69) is 9.97 Å². The van der Waals surface area contributed by atoms with Gasteiger partial charge in [-0.3, -0.25) is 0 Å². The van der Waals surface area contributed by atoms with Crippen molar-refractivity contribution in [3.63, 3.8) is 0 Å². The predicted molar refractivity (Wildman–Crippen MR) is 41.4 cm³/mol. The molecule has 1 aromatic rings. The Morgan fingerprint density at radius 2 is 2.00 bits per heavy atom. The number of nitrogens with zero attached hydrogens (tertiary/aromatic N) is 2. The number of nitrogens with one attached hydrogen (secondary N) is 1. The van der Waals surface area contributed by atoms with Crippen LogP contribution in [-0.4, -0.2) is 22.7 Å². The first-order valence-corrected chi connectivity index (χ1v) is 3.69. The van der Waals surface area contributed by atoms with Gasteiger partial charge in [0.2, 0.25) is 0 Å². The van der Waals surface area contributed by atoms with Gasteiger partial charge in [0, 0.05) is 6.07 Å².